The first-order valence-electron chi connectivity index (χ1n) is 7.82. The number of primary amides is 1. The van der Waals surface area contributed by atoms with Crippen LogP contribution in [-0.4, -0.2) is 29.0 Å². The minimum absolute atomic E-state index is 0.269. The second kappa shape index (κ2) is 5.26. The molecule has 1 saturated carbocycles. The van der Waals surface area contributed by atoms with Gasteiger partial charge in [-0.2, -0.15) is 0 Å². The Labute approximate surface area is 131 Å². The molecule has 2 fully saturated rings. The summed E-state index contributed by atoms with van der Waals surface area (Å²) in [5.74, 6) is -0.202. The first-order chi connectivity index (χ1) is 10.4. The topological polar surface area (TPSA) is 87.2 Å². The number of anilines is 1. The van der Waals surface area contributed by atoms with Crippen LogP contribution < -0.4 is 10.6 Å². The molecule has 1 amide bonds. The lowest BCUT2D eigenvalue weighted by Crippen LogP contribution is -2.36. The van der Waals surface area contributed by atoms with E-state index in [1.165, 1.54) is 12.8 Å². The normalized spacial score (nSPS) is 22.3. The maximum Gasteiger partial charge on any atom is 0.250 e. The van der Waals surface area contributed by atoms with Crippen LogP contribution in [0, 0.1) is 10.2 Å². The molecule has 1 atom stereocenters. The van der Waals surface area contributed by atoms with Gasteiger partial charge in [0, 0.05) is 23.7 Å². The fourth-order valence-electron chi connectivity index (χ4n) is 3.25. The summed E-state index contributed by atoms with van der Waals surface area (Å²) in [5, 5.41) is 0. The maximum absolute atomic E-state index is 12.3. The molecule has 0 bridgehead atoms. The van der Waals surface area contributed by atoms with Crippen molar-refractivity contribution in [3.05, 3.63) is 23.8 Å². The Hall–Kier alpha value is -1.56. The Morgan fingerprint density at radius 2 is 1.95 bits per heavy atom. The molecule has 22 heavy (non-hydrogen) atoms. The fourth-order valence-corrected chi connectivity index (χ4v) is 4.18. The average molecular weight is 321 g/mol. The number of benzene rings is 1. The molecule has 5 nitrogen and oxygen atoms in total. The van der Waals surface area contributed by atoms with E-state index in [4.69, 9.17) is 10.5 Å². The van der Waals surface area contributed by atoms with Gasteiger partial charge < -0.3 is 10.6 Å². The summed E-state index contributed by atoms with van der Waals surface area (Å²) < 4.78 is 20.3. The van der Waals surface area contributed by atoms with Crippen molar-refractivity contribution in [2.24, 2.45) is 11.1 Å². The first-order valence-corrected chi connectivity index (χ1v) is 9.55. The number of carbonyl (C=O) groups is 1. The molecule has 2 aliphatic rings. The molecule has 1 spiro atoms. The quantitative estimate of drug-likeness (QED) is 0.893. The summed E-state index contributed by atoms with van der Waals surface area (Å²) in [6.45, 7) is 3.54. The molecule has 120 valence electrons. The minimum atomic E-state index is -2.79. The number of nitrogens with zero attached hydrogens (tertiary/aromatic N) is 1. The maximum atomic E-state index is 12.3. The molecule has 1 saturated heterocycles. The number of amides is 1. The molecule has 1 aliphatic carbocycles. The monoisotopic (exact) mass is 321 g/mol. The standard InChI is InChI=1S/C16H23N3O2S/c1-2-22(18,21)12-3-4-13(15(17)20)14(11-12)19-9-7-16(5-6-16)8-10-19/h3-4,11,18H,2,5-10H2,1H3,(H2,17,20)/t22-/m1/s1. The van der Waals surface area contributed by atoms with E-state index in [2.05, 4.69) is 4.90 Å². The van der Waals surface area contributed by atoms with Crippen LogP contribution in [0.2, 0.25) is 0 Å². The molecule has 0 aromatic heterocycles. The highest BCUT2D eigenvalue weighted by molar-refractivity contribution is 7.92. The van der Waals surface area contributed by atoms with Crippen molar-refractivity contribution in [1.29, 1.82) is 4.78 Å². The summed E-state index contributed by atoms with van der Waals surface area (Å²) >= 11 is 0. The fraction of sp³-hybridized carbons (Fsp3) is 0.562. The van der Waals surface area contributed by atoms with E-state index in [0.717, 1.165) is 31.6 Å². The SMILES string of the molecule is CC[S@@](=N)(=O)c1ccc(C(N)=O)c(N2CCC3(CC2)CC3)c1. The Bertz CT molecular complexity index is 698. The van der Waals surface area contributed by atoms with Crippen molar-refractivity contribution in [2.45, 2.75) is 37.5 Å². The van der Waals surface area contributed by atoms with E-state index in [1.54, 1.807) is 25.1 Å². The van der Waals surface area contributed by atoms with E-state index >= 15 is 0 Å². The van der Waals surface area contributed by atoms with Gasteiger partial charge in [-0.3, -0.25) is 4.79 Å². The molecule has 1 aromatic rings. The summed E-state index contributed by atoms with van der Waals surface area (Å²) in [6.07, 6.45) is 4.92. The van der Waals surface area contributed by atoms with Crippen LogP contribution in [0.25, 0.3) is 0 Å². The van der Waals surface area contributed by atoms with Gasteiger partial charge in [0.2, 0.25) is 0 Å². The molecule has 3 N–H and O–H groups in total. The van der Waals surface area contributed by atoms with Gasteiger partial charge in [-0.1, -0.05) is 6.92 Å². The Morgan fingerprint density at radius 1 is 1.32 bits per heavy atom. The second-order valence-corrected chi connectivity index (χ2v) is 8.89. The lowest BCUT2D eigenvalue weighted by Gasteiger charge is -2.35. The zero-order chi connectivity index (χ0) is 16.0. The van der Waals surface area contributed by atoms with Gasteiger partial charge in [0.15, 0.2) is 0 Å². The third-order valence-electron chi connectivity index (χ3n) is 5.14. The van der Waals surface area contributed by atoms with E-state index in [1.807, 2.05) is 0 Å². The van der Waals surface area contributed by atoms with Crippen LogP contribution in [0.15, 0.2) is 23.1 Å². The number of hydrogen-bond acceptors (Lipinski definition) is 4. The molecule has 1 aliphatic heterocycles. The van der Waals surface area contributed by atoms with E-state index in [9.17, 15) is 9.00 Å². The molecule has 1 heterocycles. The van der Waals surface area contributed by atoms with Crippen molar-refractivity contribution in [3.63, 3.8) is 0 Å². The van der Waals surface area contributed by atoms with Crippen molar-refractivity contribution >= 4 is 21.3 Å². The van der Waals surface area contributed by atoms with E-state index < -0.39 is 15.6 Å². The van der Waals surface area contributed by atoms with Crippen molar-refractivity contribution < 1.29 is 9.00 Å². The lowest BCUT2D eigenvalue weighted by molar-refractivity contribution is 0.100. The summed E-state index contributed by atoms with van der Waals surface area (Å²) in [6, 6.07) is 4.97. The third kappa shape index (κ3) is 2.72. The smallest absolute Gasteiger partial charge is 0.250 e. The molecule has 3 rings (SSSR count). The lowest BCUT2D eigenvalue weighted by atomic mass is 9.93. The zero-order valence-electron chi connectivity index (χ0n) is 12.9. The zero-order valence-corrected chi connectivity index (χ0v) is 13.7. The number of piperidine rings is 1. The summed E-state index contributed by atoms with van der Waals surface area (Å²) in [4.78, 5) is 14.4. The molecule has 0 radical (unpaired) electrons. The van der Waals surface area contributed by atoms with Crippen LogP contribution in [0.5, 0.6) is 0 Å². The van der Waals surface area contributed by atoms with Gasteiger partial charge in [-0.05, 0) is 49.3 Å². The van der Waals surface area contributed by atoms with Gasteiger partial charge in [-0.15, -0.1) is 0 Å². The van der Waals surface area contributed by atoms with E-state index in [-0.39, 0.29) is 5.75 Å². The largest absolute Gasteiger partial charge is 0.371 e. The molecule has 6 heteroatoms. The third-order valence-corrected chi connectivity index (χ3v) is 6.97. The van der Waals surface area contributed by atoms with Gasteiger partial charge in [0.1, 0.15) is 0 Å². The second-order valence-electron chi connectivity index (χ2n) is 6.49. The highest BCUT2D eigenvalue weighted by Crippen LogP contribution is 2.54. The molecule has 1 aromatic carbocycles. The highest BCUT2D eigenvalue weighted by Gasteiger charge is 2.44. The number of nitrogens with two attached hydrogens (primary N) is 1. The Kier molecular flexibility index (Phi) is 3.67. The van der Waals surface area contributed by atoms with Gasteiger partial charge >= 0.3 is 0 Å². The van der Waals surface area contributed by atoms with Crippen LogP contribution in [-0.2, 0) is 9.73 Å². The summed E-state index contributed by atoms with van der Waals surface area (Å²) in [7, 11) is -2.79. The van der Waals surface area contributed by atoms with Gasteiger partial charge in [0.05, 0.1) is 21.0 Å². The Morgan fingerprint density at radius 3 is 2.45 bits per heavy atom. The van der Waals surface area contributed by atoms with Crippen LogP contribution in [0.1, 0.15) is 43.0 Å². The molecular weight excluding hydrogens is 298 g/mol. The highest BCUT2D eigenvalue weighted by atomic mass is 32.2. The molecule has 0 unspecified atom stereocenters. The van der Waals surface area contributed by atoms with Crippen molar-refractivity contribution in [3.8, 4) is 0 Å². The predicted octanol–water partition coefficient (Wildman–Crippen LogP) is 2.59. The summed E-state index contributed by atoms with van der Waals surface area (Å²) in [5.41, 5.74) is 7.25. The van der Waals surface area contributed by atoms with Crippen LogP contribution in [0.4, 0.5) is 5.69 Å². The van der Waals surface area contributed by atoms with Gasteiger partial charge in [0.25, 0.3) is 5.91 Å². The van der Waals surface area contributed by atoms with Crippen LogP contribution in [0.3, 0.4) is 0 Å². The van der Waals surface area contributed by atoms with Crippen molar-refractivity contribution in [1.82, 2.24) is 0 Å². The number of rotatable bonds is 4. The van der Waals surface area contributed by atoms with Gasteiger partial charge in [-0.25, -0.2) is 8.99 Å². The molecular formula is C16H23N3O2S. The number of carbonyl (C=O) groups excluding carboxylic acids is 1. The number of nitrogens with one attached hydrogen (secondary N) is 1. The first kappa shape index (κ1) is 15.3. The van der Waals surface area contributed by atoms with Crippen molar-refractivity contribution in [2.75, 3.05) is 23.7 Å². The number of hydrogen-bond donors (Lipinski definition) is 2. The average Bonchev–Trinajstić information content (AvgIpc) is 3.26. The predicted molar refractivity (Wildman–Crippen MR) is 87.7 cm³/mol. The van der Waals surface area contributed by atoms with E-state index in [0.29, 0.717) is 15.9 Å². The minimum Gasteiger partial charge on any atom is -0.371 e. The van der Waals surface area contributed by atoms with Crippen LogP contribution >= 0.6 is 0 Å². The Balaban J connectivity index is 1.96.